The van der Waals surface area contributed by atoms with Gasteiger partial charge < -0.3 is 0 Å². The summed E-state index contributed by atoms with van der Waals surface area (Å²) in [5.41, 5.74) is 0.353. The number of sulfonamides is 1. The zero-order valence-corrected chi connectivity index (χ0v) is 11.6. The van der Waals surface area contributed by atoms with E-state index in [1.54, 1.807) is 6.07 Å². The van der Waals surface area contributed by atoms with Crippen LogP contribution >= 0.6 is 11.6 Å². The smallest absolute Gasteiger partial charge is 0.258 e. The van der Waals surface area contributed by atoms with E-state index < -0.39 is 14.9 Å². The summed E-state index contributed by atoms with van der Waals surface area (Å²) in [5, 5.41) is 16.1. The number of nitrogens with zero attached hydrogens (tertiary/aromatic N) is 1. The van der Waals surface area contributed by atoms with Crippen molar-refractivity contribution in [3.63, 3.8) is 0 Å². The Morgan fingerprint density at radius 1 is 1.15 bits per heavy atom. The largest absolute Gasteiger partial charge is 0.271 e. The second-order valence-electron chi connectivity index (χ2n) is 4.00. The molecule has 0 heterocycles. The lowest BCUT2D eigenvalue weighted by Gasteiger charge is -2.08. The Kier molecular flexibility index (Phi) is 3.76. The van der Waals surface area contributed by atoms with Crippen LogP contribution in [-0.4, -0.2) is 13.3 Å². The summed E-state index contributed by atoms with van der Waals surface area (Å²) < 4.78 is 23.1. The molecule has 0 unspecified atom stereocenters. The van der Waals surface area contributed by atoms with E-state index in [-0.39, 0.29) is 21.2 Å². The van der Waals surface area contributed by atoms with Crippen molar-refractivity contribution >= 4 is 27.3 Å². The van der Waals surface area contributed by atoms with E-state index in [1.807, 2.05) is 0 Å². The van der Waals surface area contributed by atoms with E-state index >= 15 is 0 Å². The Labute approximate surface area is 120 Å². The normalized spacial score (nSPS) is 11.3. The molecule has 2 N–H and O–H groups in total. The number of non-ortho nitro benzene ring substituents is 1. The number of nitro groups is 1. The molecule has 20 heavy (non-hydrogen) atoms. The van der Waals surface area contributed by atoms with Gasteiger partial charge in [-0.1, -0.05) is 29.8 Å². The van der Waals surface area contributed by atoms with E-state index in [0.717, 1.165) is 0 Å². The van der Waals surface area contributed by atoms with Gasteiger partial charge in [0.25, 0.3) is 5.69 Å². The van der Waals surface area contributed by atoms with Crippen LogP contribution in [0.15, 0.2) is 47.4 Å². The summed E-state index contributed by atoms with van der Waals surface area (Å²) in [4.78, 5) is 10.1. The fourth-order valence-electron chi connectivity index (χ4n) is 1.79. The number of halogens is 1. The molecule has 0 aromatic heterocycles. The second kappa shape index (κ2) is 5.20. The highest BCUT2D eigenvalue weighted by Gasteiger charge is 2.17. The molecule has 2 rings (SSSR count). The first kappa shape index (κ1) is 14.4. The number of nitrogens with two attached hydrogens (primary N) is 1. The van der Waals surface area contributed by atoms with E-state index in [1.165, 1.54) is 36.4 Å². The minimum absolute atomic E-state index is 0.114. The number of hydrogen-bond acceptors (Lipinski definition) is 4. The maximum absolute atomic E-state index is 11.5. The van der Waals surface area contributed by atoms with Gasteiger partial charge in [-0.2, -0.15) is 0 Å². The van der Waals surface area contributed by atoms with Crippen LogP contribution < -0.4 is 5.14 Å². The van der Waals surface area contributed by atoms with Crippen LogP contribution in [-0.2, 0) is 10.0 Å². The third kappa shape index (κ3) is 2.96. The molecule has 0 aliphatic carbocycles. The van der Waals surface area contributed by atoms with Crippen molar-refractivity contribution in [2.24, 2.45) is 5.14 Å². The quantitative estimate of drug-likeness (QED) is 0.694. The molecule has 0 bridgehead atoms. The Morgan fingerprint density at radius 2 is 1.80 bits per heavy atom. The minimum atomic E-state index is -3.94. The first-order valence-electron chi connectivity index (χ1n) is 5.36. The standard InChI is InChI=1S/C12H9ClN2O4S/c13-9-5-8(6-10(7-9)15(16)17)11-3-1-2-4-12(11)20(14,18)19/h1-7H,(H2,14,18,19). The Hall–Kier alpha value is -1.96. The van der Waals surface area contributed by atoms with E-state index in [0.29, 0.717) is 5.56 Å². The minimum Gasteiger partial charge on any atom is -0.258 e. The topological polar surface area (TPSA) is 103 Å². The first-order chi connectivity index (χ1) is 9.29. The van der Waals surface area contributed by atoms with E-state index in [4.69, 9.17) is 16.7 Å². The average Bonchev–Trinajstić information content (AvgIpc) is 2.37. The van der Waals surface area contributed by atoms with Crippen molar-refractivity contribution in [2.45, 2.75) is 4.90 Å². The van der Waals surface area contributed by atoms with E-state index in [9.17, 15) is 18.5 Å². The number of rotatable bonds is 3. The maximum atomic E-state index is 11.5. The second-order valence-corrected chi connectivity index (χ2v) is 5.96. The zero-order chi connectivity index (χ0) is 14.9. The third-order valence-electron chi connectivity index (χ3n) is 2.60. The molecule has 0 spiro atoms. The van der Waals surface area contributed by atoms with E-state index in [2.05, 4.69) is 0 Å². The molecule has 8 heteroatoms. The van der Waals surface area contributed by atoms with Gasteiger partial charge in [0.2, 0.25) is 10.0 Å². The third-order valence-corrected chi connectivity index (χ3v) is 3.79. The number of benzene rings is 2. The van der Waals surface area contributed by atoms with Crippen molar-refractivity contribution in [1.82, 2.24) is 0 Å². The fourth-order valence-corrected chi connectivity index (χ4v) is 2.78. The molecule has 0 fully saturated rings. The molecule has 0 radical (unpaired) electrons. The number of hydrogen-bond donors (Lipinski definition) is 1. The monoisotopic (exact) mass is 312 g/mol. The molecule has 0 saturated heterocycles. The number of primary sulfonamides is 1. The zero-order valence-electron chi connectivity index (χ0n) is 9.99. The van der Waals surface area contributed by atoms with Crippen molar-refractivity contribution in [3.8, 4) is 11.1 Å². The number of nitro benzene ring substituents is 1. The molecule has 104 valence electrons. The lowest BCUT2D eigenvalue weighted by molar-refractivity contribution is -0.384. The first-order valence-corrected chi connectivity index (χ1v) is 7.28. The Bertz CT molecular complexity index is 790. The molecular formula is C12H9ClN2O4S. The van der Waals surface area contributed by atoms with Crippen molar-refractivity contribution in [3.05, 3.63) is 57.6 Å². The average molecular weight is 313 g/mol. The molecule has 2 aromatic rings. The molecule has 0 amide bonds. The van der Waals surface area contributed by atoms with Gasteiger partial charge in [0.15, 0.2) is 0 Å². The summed E-state index contributed by atoms with van der Waals surface area (Å²) in [6.07, 6.45) is 0. The molecule has 6 nitrogen and oxygen atoms in total. The summed E-state index contributed by atoms with van der Waals surface area (Å²) in [5.74, 6) is 0. The van der Waals surface area contributed by atoms with Gasteiger partial charge in [-0.3, -0.25) is 10.1 Å². The Balaban J connectivity index is 2.73. The maximum Gasteiger partial charge on any atom is 0.271 e. The summed E-state index contributed by atoms with van der Waals surface area (Å²) in [6.45, 7) is 0. The highest BCUT2D eigenvalue weighted by Crippen LogP contribution is 2.31. The SMILES string of the molecule is NS(=O)(=O)c1ccccc1-c1cc(Cl)cc([N+](=O)[O-])c1. The van der Waals surface area contributed by atoms with Crippen LogP contribution in [0.3, 0.4) is 0 Å². The molecule has 0 aliphatic rings. The molecule has 2 aromatic carbocycles. The van der Waals surface area contributed by atoms with Gasteiger partial charge in [-0.05, 0) is 17.7 Å². The van der Waals surface area contributed by atoms with Crippen molar-refractivity contribution in [1.29, 1.82) is 0 Å². The van der Waals surface area contributed by atoms with Crippen LogP contribution in [0.25, 0.3) is 11.1 Å². The molecule has 0 aliphatic heterocycles. The van der Waals surface area contributed by atoms with Crippen LogP contribution in [0, 0.1) is 10.1 Å². The summed E-state index contributed by atoms with van der Waals surface area (Å²) in [7, 11) is -3.94. The van der Waals surface area contributed by atoms with Gasteiger partial charge in [-0.15, -0.1) is 0 Å². The molecule has 0 atom stereocenters. The van der Waals surface area contributed by atoms with Gasteiger partial charge >= 0.3 is 0 Å². The molecular weight excluding hydrogens is 304 g/mol. The van der Waals surface area contributed by atoms with Crippen molar-refractivity contribution < 1.29 is 13.3 Å². The van der Waals surface area contributed by atoms with Crippen LogP contribution in [0.1, 0.15) is 0 Å². The summed E-state index contributed by atoms with van der Waals surface area (Å²) in [6, 6.07) is 9.84. The predicted octanol–water partition coefficient (Wildman–Crippen LogP) is 2.56. The summed E-state index contributed by atoms with van der Waals surface area (Å²) >= 11 is 5.83. The van der Waals surface area contributed by atoms with Crippen LogP contribution in [0.4, 0.5) is 5.69 Å². The lowest BCUT2D eigenvalue weighted by atomic mass is 10.1. The van der Waals surface area contributed by atoms with Crippen LogP contribution in [0.2, 0.25) is 5.02 Å². The van der Waals surface area contributed by atoms with Crippen LogP contribution in [0.5, 0.6) is 0 Å². The van der Waals surface area contributed by atoms with Gasteiger partial charge in [-0.25, -0.2) is 13.6 Å². The molecule has 0 saturated carbocycles. The van der Waals surface area contributed by atoms with Gasteiger partial charge in [0.05, 0.1) is 9.82 Å². The highest BCUT2D eigenvalue weighted by molar-refractivity contribution is 7.89. The predicted molar refractivity (Wildman–Crippen MR) is 74.9 cm³/mol. The fraction of sp³-hybridized carbons (Fsp3) is 0. The lowest BCUT2D eigenvalue weighted by Crippen LogP contribution is -2.13. The Morgan fingerprint density at radius 3 is 2.40 bits per heavy atom. The van der Waals surface area contributed by atoms with Crippen molar-refractivity contribution in [2.75, 3.05) is 0 Å². The van der Waals surface area contributed by atoms with Gasteiger partial charge in [0.1, 0.15) is 0 Å². The van der Waals surface area contributed by atoms with Gasteiger partial charge in [0, 0.05) is 22.7 Å². The highest BCUT2D eigenvalue weighted by atomic mass is 35.5.